The number of rotatable bonds is 3. The highest BCUT2D eigenvalue weighted by Gasteiger charge is 2.34. The third kappa shape index (κ3) is 3.44. The Labute approximate surface area is 132 Å². The van der Waals surface area contributed by atoms with Crippen molar-refractivity contribution < 1.29 is 14.3 Å². The number of carbonyl (C=O) groups excluding carboxylic acids is 2. The molecule has 1 amide bonds. The standard InChI is InChI=1S/C15H19BrN2O3/c1-3-21-15(20)12-9-17-7-8-18(12)14(19)11-6-4-5-10(2)13(11)16/h4-6,12,17H,3,7-9H2,1-2H3. The van der Waals surface area contributed by atoms with Gasteiger partial charge in [-0.25, -0.2) is 4.79 Å². The van der Waals surface area contributed by atoms with Crippen LogP contribution in [0.15, 0.2) is 22.7 Å². The number of nitrogens with zero attached hydrogens (tertiary/aromatic N) is 1. The van der Waals surface area contributed by atoms with Crippen molar-refractivity contribution in [3.05, 3.63) is 33.8 Å². The summed E-state index contributed by atoms with van der Waals surface area (Å²) in [4.78, 5) is 26.4. The van der Waals surface area contributed by atoms with Crippen LogP contribution in [0.4, 0.5) is 0 Å². The second-order valence-electron chi connectivity index (χ2n) is 4.91. The maximum atomic E-state index is 12.8. The number of halogens is 1. The average Bonchev–Trinajstić information content (AvgIpc) is 2.49. The lowest BCUT2D eigenvalue weighted by Gasteiger charge is -2.34. The predicted octanol–water partition coefficient (Wildman–Crippen LogP) is 1.73. The molecule has 0 aliphatic carbocycles. The Morgan fingerprint density at radius 1 is 1.48 bits per heavy atom. The molecule has 0 spiro atoms. The van der Waals surface area contributed by atoms with Crippen molar-refractivity contribution in [2.45, 2.75) is 19.9 Å². The van der Waals surface area contributed by atoms with Gasteiger partial charge < -0.3 is 15.0 Å². The molecule has 1 aliphatic rings. The first-order valence-corrected chi connectivity index (χ1v) is 7.79. The zero-order valence-electron chi connectivity index (χ0n) is 12.2. The second kappa shape index (κ2) is 7.04. The van der Waals surface area contributed by atoms with Crippen LogP contribution in [0.1, 0.15) is 22.8 Å². The summed E-state index contributed by atoms with van der Waals surface area (Å²) in [6.45, 7) is 5.59. The van der Waals surface area contributed by atoms with Crippen LogP contribution in [0.25, 0.3) is 0 Å². The Balaban J connectivity index is 2.26. The molecule has 6 heteroatoms. The van der Waals surface area contributed by atoms with Gasteiger partial charge in [0, 0.05) is 24.1 Å². The monoisotopic (exact) mass is 354 g/mol. The van der Waals surface area contributed by atoms with Crippen LogP contribution in [0.5, 0.6) is 0 Å². The van der Waals surface area contributed by atoms with Crippen molar-refractivity contribution in [2.75, 3.05) is 26.2 Å². The Hall–Kier alpha value is -1.40. The lowest BCUT2D eigenvalue weighted by Crippen LogP contribution is -2.57. The molecule has 0 aromatic heterocycles. The summed E-state index contributed by atoms with van der Waals surface area (Å²) in [6, 6.07) is 4.97. The molecule has 1 heterocycles. The zero-order chi connectivity index (χ0) is 15.4. The molecule has 0 radical (unpaired) electrons. The smallest absolute Gasteiger partial charge is 0.330 e. The molecule has 0 bridgehead atoms. The van der Waals surface area contributed by atoms with E-state index in [1.807, 2.05) is 19.1 Å². The lowest BCUT2D eigenvalue weighted by molar-refractivity contribution is -0.149. The van der Waals surface area contributed by atoms with Gasteiger partial charge in [-0.15, -0.1) is 0 Å². The molecule has 1 N–H and O–H groups in total. The van der Waals surface area contributed by atoms with Crippen LogP contribution in [0, 0.1) is 6.92 Å². The quantitative estimate of drug-likeness (QED) is 0.840. The first-order valence-electron chi connectivity index (χ1n) is 6.99. The molecule has 1 atom stereocenters. The van der Waals surface area contributed by atoms with E-state index in [0.717, 1.165) is 10.0 Å². The maximum absolute atomic E-state index is 12.8. The maximum Gasteiger partial charge on any atom is 0.330 e. The highest BCUT2D eigenvalue weighted by atomic mass is 79.9. The van der Waals surface area contributed by atoms with Crippen molar-refractivity contribution in [2.24, 2.45) is 0 Å². The van der Waals surface area contributed by atoms with E-state index >= 15 is 0 Å². The van der Waals surface area contributed by atoms with E-state index in [4.69, 9.17) is 4.74 Å². The van der Waals surface area contributed by atoms with Crippen molar-refractivity contribution >= 4 is 27.8 Å². The van der Waals surface area contributed by atoms with Gasteiger partial charge in [0.2, 0.25) is 0 Å². The fourth-order valence-corrected chi connectivity index (χ4v) is 2.80. The third-order valence-corrected chi connectivity index (χ3v) is 4.54. The van der Waals surface area contributed by atoms with Crippen molar-refractivity contribution in [3.8, 4) is 0 Å². The number of ether oxygens (including phenoxy) is 1. The SMILES string of the molecule is CCOC(=O)C1CNCCN1C(=O)c1cccc(C)c1Br. The topological polar surface area (TPSA) is 58.6 Å². The highest BCUT2D eigenvalue weighted by Crippen LogP contribution is 2.23. The number of benzene rings is 1. The van der Waals surface area contributed by atoms with Gasteiger partial charge in [0.25, 0.3) is 5.91 Å². The highest BCUT2D eigenvalue weighted by molar-refractivity contribution is 9.10. The second-order valence-corrected chi connectivity index (χ2v) is 5.70. The Morgan fingerprint density at radius 3 is 2.95 bits per heavy atom. The molecule has 1 unspecified atom stereocenters. The minimum absolute atomic E-state index is 0.148. The summed E-state index contributed by atoms with van der Waals surface area (Å²) in [5.74, 6) is -0.507. The lowest BCUT2D eigenvalue weighted by atomic mass is 10.1. The van der Waals surface area contributed by atoms with Gasteiger partial charge in [-0.1, -0.05) is 12.1 Å². The molecular weight excluding hydrogens is 336 g/mol. The number of hydrogen-bond donors (Lipinski definition) is 1. The first kappa shape index (κ1) is 16.0. The average molecular weight is 355 g/mol. The molecule has 1 aromatic carbocycles. The van der Waals surface area contributed by atoms with E-state index in [1.165, 1.54) is 0 Å². The molecule has 1 fully saturated rings. The molecule has 1 aromatic rings. The summed E-state index contributed by atoms with van der Waals surface area (Å²) in [6.07, 6.45) is 0. The van der Waals surface area contributed by atoms with Crippen LogP contribution in [0.3, 0.4) is 0 Å². The Bertz CT molecular complexity index is 548. The number of amides is 1. The summed E-state index contributed by atoms with van der Waals surface area (Å²) in [7, 11) is 0. The number of aryl methyl sites for hydroxylation is 1. The Kier molecular flexibility index (Phi) is 5.36. The molecule has 1 aliphatic heterocycles. The van der Waals surface area contributed by atoms with E-state index in [9.17, 15) is 9.59 Å². The number of hydrogen-bond acceptors (Lipinski definition) is 4. The van der Waals surface area contributed by atoms with Crippen molar-refractivity contribution in [1.29, 1.82) is 0 Å². The minimum Gasteiger partial charge on any atom is -0.464 e. The minimum atomic E-state index is -0.571. The number of carbonyl (C=O) groups is 2. The number of nitrogens with one attached hydrogen (secondary N) is 1. The molecule has 21 heavy (non-hydrogen) atoms. The predicted molar refractivity (Wildman–Crippen MR) is 83.2 cm³/mol. The fourth-order valence-electron chi connectivity index (χ4n) is 2.36. The van der Waals surface area contributed by atoms with Crippen LogP contribution >= 0.6 is 15.9 Å². The van der Waals surface area contributed by atoms with E-state index in [0.29, 0.717) is 31.8 Å². The van der Waals surface area contributed by atoms with Crippen LogP contribution in [0.2, 0.25) is 0 Å². The van der Waals surface area contributed by atoms with Crippen molar-refractivity contribution in [1.82, 2.24) is 10.2 Å². The van der Waals surface area contributed by atoms with Gasteiger partial charge in [0.05, 0.1) is 12.2 Å². The summed E-state index contributed by atoms with van der Waals surface area (Å²) in [5, 5.41) is 3.13. The van der Waals surface area contributed by atoms with E-state index in [2.05, 4.69) is 21.2 Å². The number of esters is 1. The summed E-state index contributed by atoms with van der Waals surface area (Å²) < 4.78 is 5.84. The van der Waals surface area contributed by atoms with Crippen LogP contribution < -0.4 is 5.32 Å². The summed E-state index contributed by atoms with van der Waals surface area (Å²) >= 11 is 3.46. The van der Waals surface area contributed by atoms with Gasteiger partial charge in [0.15, 0.2) is 0 Å². The zero-order valence-corrected chi connectivity index (χ0v) is 13.8. The molecule has 2 rings (SSSR count). The van der Waals surface area contributed by atoms with Gasteiger partial charge >= 0.3 is 5.97 Å². The van der Waals surface area contributed by atoms with E-state index in [1.54, 1.807) is 17.9 Å². The van der Waals surface area contributed by atoms with Crippen LogP contribution in [-0.4, -0.2) is 49.1 Å². The number of piperazine rings is 1. The van der Waals surface area contributed by atoms with Gasteiger partial charge in [0.1, 0.15) is 6.04 Å². The van der Waals surface area contributed by atoms with Crippen molar-refractivity contribution in [3.63, 3.8) is 0 Å². The largest absolute Gasteiger partial charge is 0.464 e. The third-order valence-electron chi connectivity index (χ3n) is 3.49. The molecular formula is C15H19BrN2O3. The molecule has 0 saturated carbocycles. The van der Waals surface area contributed by atoms with Gasteiger partial charge in [-0.3, -0.25) is 4.79 Å². The molecule has 5 nitrogen and oxygen atoms in total. The molecule has 114 valence electrons. The van der Waals surface area contributed by atoms with Gasteiger partial charge in [-0.05, 0) is 41.4 Å². The summed E-state index contributed by atoms with van der Waals surface area (Å²) in [5.41, 5.74) is 1.56. The normalized spacial score (nSPS) is 18.4. The fraction of sp³-hybridized carbons (Fsp3) is 0.467. The van der Waals surface area contributed by atoms with E-state index in [-0.39, 0.29) is 11.9 Å². The van der Waals surface area contributed by atoms with Crippen LogP contribution in [-0.2, 0) is 9.53 Å². The van der Waals surface area contributed by atoms with E-state index < -0.39 is 6.04 Å². The first-order chi connectivity index (χ1) is 10.1. The van der Waals surface area contributed by atoms with Gasteiger partial charge in [-0.2, -0.15) is 0 Å². The Morgan fingerprint density at radius 2 is 2.24 bits per heavy atom. The molecule has 1 saturated heterocycles.